The van der Waals surface area contributed by atoms with Crippen LogP contribution in [0.3, 0.4) is 0 Å². The summed E-state index contributed by atoms with van der Waals surface area (Å²) in [6.07, 6.45) is -0.600. The van der Waals surface area contributed by atoms with Crippen molar-refractivity contribution >= 4 is 5.91 Å². The molecular weight excluding hydrogens is 318 g/mol. The van der Waals surface area contributed by atoms with Gasteiger partial charge in [-0.05, 0) is 43.2 Å². The lowest BCUT2D eigenvalue weighted by atomic mass is 10.0. The monoisotopic (exact) mass is 334 g/mol. The summed E-state index contributed by atoms with van der Waals surface area (Å²) in [5.41, 5.74) is 0.421. The Bertz CT molecular complexity index is 850. The predicted molar refractivity (Wildman–Crippen MR) is 82.6 cm³/mol. The topological polar surface area (TPSA) is 73.4 Å². The third-order valence-corrected chi connectivity index (χ3v) is 4.15. The molecule has 7 heteroatoms. The number of carbonyl (C=O) groups excluding carboxylic acids is 1. The number of nitrogens with one attached hydrogen (secondary N) is 1. The van der Waals surface area contributed by atoms with Gasteiger partial charge in [-0.2, -0.15) is 0 Å². The molecule has 3 rings (SSSR count). The first kappa shape index (κ1) is 16.3. The van der Waals surface area contributed by atoms with Crippen LogP contribution < -0.4 is 5.56 Å². The number of rotatable bonds is 2. The van der Waals surface area contributed by atoms with E-state index in [-0.39, 0.29) is 18.5 Å². The third kappa shape index (κ3) is 2.94. The smallest absolute Gasteiger partial charge is 0.260 e. The van der Waals surface area contributed by atoms with Crippen LogP contribution in [0.1, 0.15) is 34.1 Å². The Morgan fingerprint density at radius 2 is 2.00 bits per heavy atom. The van der Waals surface area contributed by atoms with Crippen LogP contribution in [0, 0.1) is 18.6 Å². The van der Waals surface area contributed by atoms with E-state index >= 15 is 0 Å². The number of β-amino-alcohol motifs (C(OH)–C–C–N with tert-alkyl or cyclic N) is 1. The van der Waals surface area contributed by atoms with Gasteiger partial charge in [-0.1, -0.05) is 6.07 Å². The van der Waals surface area contributed by atoms with Crippen molar-refractivity contribution in [2.24, 2.45) is 0 Å². The van der Waals surface area contributed by atoms with Crippen molar-refractivity contribution in [3.63, 3.8) is 0 Å². The van der Waals surface area contributed by atoms with Gasteiger partial charge in [0.1, 0.15) is 5.56 Å². The molecule has 1 amide bonds. The number of aliphatic hydroxyl groups excluding tert-OH is 1. The number of amides is 1. The number of nitrogens with zero attached hydrogens (tertiary/aromatic N) is 1. The van der Waals surface area contributed by atoms with Crippen LogP contribution in [0.15, 0.2) is 35.1 Å². The first-order chi connectivity index (χ1) is 11.4. The van der Waals surface area contributed by atoms with Gasteiger partial charge in [0.05, 0.1) is 12.1 Å². The van der Waals surface area contributed by atoms with E-state index in [0.717, 1.165) is 12.1 Å². The van der Waals surface area contributed by atoms with Crippen LogP contribution in [0.4, 0.5) is 8.78 Å². The Balaban J connectivity index is 1.96. The fraction of sp³-hybridized carbons (Fsp3) is 0.294. The molecule has 0 bridgehead atoms. The summed E-state index contributed by atoms with van der Waals surface area (Å²) >= 11 is 0. The van der Waals surface area contributed by atoms with Crippen molar-refractivity contribution in [1.82, 2.24) is 9.88 Å². The molecule has 1 fully saturated rings. The molecule has 0 spiro atoms. The summed E-state index contributed by atoms with van der Waals surface area (Å²) in [5, 5.41) is 9.92. The predicted octanol–water partition coefficient (Wildman–Crippen LogP) is 1.91. The number of halogens is 2. The highest BCUT2D eigenvalue weighted by Gasteiger charge is 2.36. The molecule has 1 aliphatic rings. The Hall–Kier alpha value is -2.54. The Morgan fingerprint density at radius 1 is 1.25 bits per heavy atom. The molecule has 1 aliphatic heterocycles. The molecule has 2 aromatic rings. The van der Waals surface area contributed by atoms with Crippen LogP contribution in [0.2, 0.25) is 0 Å². The number of likely N-dealkylation sites (tertiary alicyclic amines) is 1. The molecule has 1 aromatic heterocycles. The fourth-order valence-electron chi connectivity index (χ4n) is 2.97. The summed E-state index contributed by atoms with van der Waals surface area (Å²) in [5.74, 6) is -2.55. The number of pyridine rings is 1. The molecule has 2 N–H and O–H groups in total. The maximum absolute atomic E-state index is 13.5. The number of carbonyl (C=O) groups is 1. The lowest BCUT2D eigenvalue weighted by Gasteiger charge is -2.24. The van der Waals surface area contributed by atoms with E-state index in [0.29, 0.717) is 11.3 Å². The second-order valence-electron chi connectivity index (χ2n) is 5.92. The van der Waals surface area contributed by atoms with Crippen molar-refractivity contribution < 1.29 is 18.7 Å². The van der Waals surface area contributed by atoms with Crippen molar-refractivity contribution in [3.05, 3.63) is 69.1 Å². The van der Waals surface area contributed by atoms with Crippen molar-refractivity contribution in [1.29, 1.82) is 0 Å². The molecule has 5 nitrogen and oxygen atoms in total. The second kappa shape index (κ2) is 6.16. The SMILES string of the molecule is Cc1ccc(C(=O)N2C[C@H](O)C[C@H]2c2ccc(F)c(F)c2)c(=O)[nH]1. The largest absolute Gasteiger partial charge is 0.391 e. The van der Waals surface area contributed by atoms with E-state index in [4.69, 9.17) is 0 Å². The molecule has 0 saturated carbocycles. The van der Waals surface area contributed by atoms with E-state index in [1.807, 2.05) is 0 Å². The Morgan fingerprint density at radius 3 is 2.67 bits per heavy atom. The first-order valence-electron chi connectivity index (χ1n) is 7.50. The number of hydrogen-bond donors (Lipinski definition) is 2. The van der Waals surface area contributed by atoms with E-state index in [1.165, 1.54) is 17.0 Å². The number of aromatic amines is 1. The minimum absolute atomic E-state index is 0.0236. The van der Waals surface area contributed by atoms with E-state index in [1.54, 1.807) is 13.0 Å². The van der Waals surface area contributed by atoms with Gasteiger partial charge in [-0.25, -0.2) is 8.78 Å². The van der Waals surface area contributed by atoms with Gasteiger partial charge in [-0.15, -0.1) is 0 Å². The maximum Gasteiger partial charge on any atom is 0.260 e. The molecule has 1 aromatic carbocycles. The molecule has 24 heavy (non-hydrogen) atoms. The zero-order chi connectivity index (χ0) is 17.4. The van der Waals surface area contributed by atoms with Gasteiger partial charge in [0.2, 0.25) is 0 Å². The lowest BCUT2D eigenvalue weighted by molar-refractivity contribution is 0.0713. The number of aliphatic hydroxyl groups is 1. The minimum Gasteiger partial charge on any atom is -0.391 e. The average molecular weight is 334 g/mol. The van der Waals surface area contributed by atoms with Crippen LogP contribution in [0.5, 0.6) is 0 Å². The standard InChI is InChI=1S/C17H16F2N2O3/c1-9-2-4-12(16(23)20-9)17(24)21-8-11(22)7-15(21)10-3-5-13(18)14(19)6-10/h2-6,11,15,22H,7-8H2,1H3,(H,20,23)/t11-,15+/m1/s1. The van der Waals surface area contributed by atoms with Gasteiger partial charge in [0.15, 0.2) is 11.6 Å². The maximum atomic E-state index is 13.5. The highest BCUT2D eigenvalue weighted by atomic mass is 19.2. The number of hydrogen-bond acceptors (Lipinski definition) is 3. The highest BCUT2D eigenvalue weighted by molar-refractivity contribution is 5.94. The molecule has 0 radical (unpaired) electrons. The zero-order valence-corrected chi connectivity index (χ0v) is 12.9. The van der Waals surface area contributed by atoms with Crippen LogP contribution in [-0.4, -0.2) is 33.5 Å². The van der Waals surface area contributed by atoms with Gasteiger partial charge in [0, 0.05) is 12.2 Å². The summed E-state index contributed by atoms with van der Waals surface area (Å²) in [6, 6.07) is 5.77. The summed E-state index contributed by atoms with van der Waals surface area (Å²) < 4.78 is 26.6. The second-order valence-corrected chi connectivity index (χ2v) is 5.92. The van der Waals surface area contributed by atoms with Crippen molar-refractivity contribution in [2.45, 2.75) is 25.5 Å². The molecule has 126 valence electrons. The summed E-state index contributed by atoms with van der Waals surface area (Å²) in [4.78, 5) is 28.5. The van der Waals surface area contributed by atoms with Crippen LogP contribution in [0.25, 0.3) is 0 Å². The lowest BCUT2D eigenvalue weighted by Crippen LogP contribution is -2.35. The first-order valence-corrected chi connectivity index (χ1v) is 7.50. The quantitative estimate of drug-likeness (QED) is 0.881. The molecule has 2 heterocycles. The fourth-order valence-corrected chi connectivity index (χ4v) is 2.97. The number of H-pyrrole nitrogens is 1. The van der Waals surface area contributed by atoms with E-state index in [9.17, 15) is 23.5 Å². The van der Waals surface area contributed by atoms with Crippen molar-refractivity contribution in [2.75, 3.05) is 6.54 Å². The van der Waals surface area contributed by atoms with Gasteiger partial charge in [0.25, 0.3) is 11.5 Å². The van der Waals surface area contributed by atoms with E-state index < -0.39 is 35.2 Å². The van der Waals surface area contributed by atoms with Crippen LogP contribution in [-0.2, 0) is 0 Å². The van der Waals surface area contributed by atoms with Crippen molar-refractivity contribution in [3.8, 4) is 0 Å². The Labute approximate surface area is 136 Å². The van der Waals surface area contributed by atoms with E-state index in [2.05, 4.69) is 4.98 Å². The average Bonchev–Trinajstić information content (AvgIpc) is 2.91. The van der Waals surface area contributed by atoms with Gasteiger partial charge >= 0.3 is 0 Å². The number of benzene rings is 1. The number of aryl methyl sites for hydroxylation is 1. The van der Waals surface area contributed by atoms with Gasteiger partial charge < -0.3 is 15.0 Å². The summed E-state index contributed by atoms with van der Waals surface area (Å²) in [7, 11) is 0. The highest BCUT2D eigenvalue weighted by Crippen LogP contribution is 2.33. The summed E-state index contributed by atoms with van der Waals surface area (Å²) in [6.45, 7) is 1.72. The molecule has 0 aliphatic carbocycles. The van der Waals surface area contributed by atoms with Gasteiger partial charge in [-0.3, -0.25) is 9.59 Å². The molecule has 2 atom stereocenters. The molecule has 0 unspecified atom stereocenters. The zero-order valence-electron chi connectivity index (χ0n) is 12.9. The number of aromatic nitrogens is 1. The molecular formula is C17H16F2N2O3. The normalized spacial score (nSPS) is 20.4. The Kier molecular flexibility index (Phi) is 4.19. The third-order valence-electron chi connectivity index (χ3n) is 4.15. The molecule has 1 saturated heterocycles. The van der Waals surface area contributed by atoms with Crippen LogP contribution >= 0.6 is 0 Å². The minimum atomic E-state index is -1.02.